The molecule has 0 aliphatic heterocycles. The first kappa shape index (κ1) is 12.6. The van der Waals surface area contributed by atoms with E-state index in [2.05, 4.69) is 41.4 Å². The van der Waals surface area contributed by atoms with Crippen LogP contribution in [0.25, 0.3) is 0 Å². The van der Waals surface area contributed by atoms with Crippen LogP contribution in [0.4, 0.5) is 0 Å². The average Bonchev–Trinajstić information content (AvgIpc) is 2.89. The maximum Gasteiger partial charge on any atom is 0.119 e. The molecule has 0 bridgehead atoms. The molecule has 1 unspecified atom stereocenters. The van der Waals surface area contributed by atoms with Gasteiger partial charge in [0.2, 0.25) is 0 Å². The topological polar surface area (TPSA) is 50.8 Å². The van der Waals surface area contributed by atoms with Crippen molar-refractivity contribution in [2.24, 2.45) is 0 Å². The lowest BCUT2D eigenvalue weighted by atomic mass is 9.89. The van der Waals surface area contributed by atoms with Gasteiger partial charge in [-0.2, -0.15) is 15.4 Å². The van der Waals surface area contributed by atoms with Gasteiger partial charge >= 0.3 is 0 Å². The van der Waals surface area contributed by atoms with Gasteiger partial charge in [-0.15, -0.1) is 0 Å². The van der Waals surface area contributed by atoms with Crippen LogP contribution in [0, 0.1) is 6.92 Å². The Morgan fingerprint density at radius 2 is 2.22 bits per heavy atom. The molecular formula is C14H19N3O. The molecule has 0 fully saturated rings. The number of nitrogens with zero attached hydrogens (tertiary/aromatic N) is 2. The van der Waals surface area contributed by atoms with Crippen LogP contribution in [0.2, 0.25) is 0 Å². The van der Waals surface area contributed by atoms with E-state index in [1.165, 1.54) is 11.1 Å². The Hall–Kier alpha value is -1.84. The zero-order valence-corrected chi connectivity index (χ0v) is 11.1. The van der Waals surface area contributed by atoms with Gasteiger partial charge in [0.1, 0.15) is 5.75 Å². The van der Waals surface area contributed by atoms with E-state index in [0.717, 1.165) is 24.3 Å². The van der Waals surface area contributed by atoms with E-state index in [9.17, 15) is 0 Å². The molecule has 0 spiro atoms. The Morgan fingerprint density at radius 1 is 1.39 bits per heavy atom. The Labute approximate surface area is 107 Å². The molecule has 1 atom stereocenters. The van der Waals surface area contributed by atoms with E-state index in [1.807, 2.05) is 6.07 Å². The monoisotopic (exact) mass is 245 g/mol. The molecule has 0 aliphatic carbocycles. The molecule has 1 aromatic carbocycles. The molecule has 0 radical (unpaired) electrons. The van der Waals surface area contributed by atoms with Crippen LogP contribution in [0.15, 0.2) is 24.4 Å². The molecule has 96 valence electrons. The molecular weight excluding hydrogens is 226 g/mol. The van der Waals surface area contributed by atoms with Crippen LogP contribution < -0.4 is 4.74 Å². The largest absolute Gasteiger partial charge is 0.497 e. The van der Waals surface area contributed by atoms with Crippen molar-refractivity contribution in [2.75, 3.05) is 7.11 Å². The number of hydrogen-bond donors (Lipinski definition) is 1. The summed E-state index contributed by atoms with van der Waals surface area (Å²) in [5.41, 5.74) is 3.64. The fourth-order valence-electron chi connectivity index (χ4n) is 2.28. The second kappa shape index (κ2) is 5.67. The lowest BCUT2D eigenvalue weighted by molar-refractivity contribution is 0.414. The number of ether oxygens (including phenoxy) is 1. The predicted octanol–water partition coefficient (Wildman–Crippen LogP) is 2.86. The van der Waals surface area contributed by atoms with Gasteiger partial charge in [-0.25, -0.2) is 0 Å². The maximum atomic E-state index is 5.24. The van der Waals surface area contributed by atoms with Crippen molar-refractivity contribution < 1.29 is 4.74 Å². The summed E-state index contributed by atoms with van der Waals surface area (Å²) in [6.45, 7) is 4.33. The average molecular weight is 245 g/mol. The van der Waals surface area contributed by atoms with Gasteiger partial charge in [0.15, 0.2) is 0 Å². The highest BCUT2D eigenvalue weighted by Gasteiger charge is 2.14. The molecule has 4 heteroatoms. The number of benzene rings is 1. The van der Waals surface area contributed by atoms with Crippen molar-refractivity contribution in [1.29, 1.82) is 0 Å². The van der Waals surface area contributed by atoms with Gasteiger partial charge in [-0.05, 0) is 48.9 Å². The summed E-state index contributed by atoms with van der Waals surface area (Å²) in [5.74, 6) is 1.38. The standard InChI is InChI=1S/C14H19N3O/c1-4-11(8-12-9-15-17-16-12)14-6-5-13(18-3)7-10(14)2/h5-7,9,11H,4,8H2,1-3H3,(H,15,16,17). The summed E-state index contributed by atoms with van der Waals surface area (Å²) < 4.78 is 5.24. The molecule has 2 aromatic rings. The highest BCUT2D eigenvalue weighted by atomic mass is 16.5. The molecule has 0 aliphatic rings. The number of aryl methyl sites for hydroxylation is 1. The SMILES string of the molecule is CCC(Cc1cn[nH]n1)c1ccc(OC)cc1C. The summed E-state index contributed by atoms with van der Waals surface area (Å²) in [4.78, 5) is 0. The van der Waals surface area contributed by atoms with Crippen LogP contribution in [0.5, 0.6) is 5.75 Å². The Morgan fingerprint density at radius 3 is 2.78 bits per heavy atom. The molecule has 4 nitrogen and oxygen atoms in total. The minimum atomic E-state index is 0.473. The number of methoxy groups -OCH3 is 1. The highest BCUT2D eigenvalue weighted by molar-refractivity contribution is 5.37. The minimum absolute atomic E-state index is 0.473. The third kappa shape index (κ3) is 2.70. The maximum absolute atomic E-state index is 5.24. The lowest BCUT2D eigenvalue weighted by Gasteiger charge is -2.17. The first-order valence-corrected chi connectivity index (χ1v) is 6.23. The molecule has 2 rings (SSSR count). The van der Waals surface area contributed by atoms with E-state index >= 15 is 0 Å². The second-order valence-electron chi connectivity index (χ2n) is 4.49. The highest BCUT2D eigenvalue weighted by Crippen LogP contribution is 2.28. The van der Waals surface area contributed by atoms with Crippen LogP contribution in [0.3, 0.4) is 0 Å². The van der Waals surface area contributed by atoms with Gasteiger partial charge in [0, 0.05) is 0 Å². The number of rotatable bonds is 5. The van der Waals surface area contributed by atoms with Crippen molar-refractivity contribution in [3.05, 3.63) is 41.2 Å². The molecule has 1 aromatic heterocycles. The fourth-order valence-corrected chi connectivity index (χ4v) is 2.28. The zero-order valence-electron chi connectivity index (χ0n) is 11.1. The Kier molecular flexibility index (Phi) is 3.97. The van der Waals surface area contributed by atoms with Gasteiger partial charge in [-0.1, -0.05) is 13.0 Å². The molecule has 0 amide bonds. The number of nitrogens with one attached hydrogen (secondary N) is 1. The van der Waals surface area contributed by atoms with Crippen LogP contribution >= 0.6 is 0 Å². The fraction of sp³-hybridized carbons (Fsp3) is 0.429. The van der Waals surface area contributed by atoms with Gasteiger partial charge in [0.05, 0.1) is 19.0 Å². The summed E-state index contributed by atoms with van der Waals surface area (Å²) in [6.07, 6.45) is 3.79. The molecule has 18 heavy (non-hydrogen) atoms. The van der Waals surface area contributed by atoms with E-state index in [4.69, 9.17) is 4.74 Å². The first-order chi connectivity index (χ1) is 8.74. The van der Waals surface area contributed by atoms with Gasteiger partial charge in [-0.3, -0.25) is 0 Å². The lowest BCUT2D eigenvalue weighted by Crippen LogP contribution is -2.04. The minimum Gasteiger partial charge on any atom is -0.497 e. The Bertz CT molecular complexity index is 494. The Balaban J connectivity index is 2.22. The molecule has 1 heterocycles. The quantitative estimate of drug-likeness (QED) is 0.881. The van der Waals surface area contributed by atoms with Crippen molar-refractivity contribution in [2.45, 2.75) is 32.6 Å². The number of aromatic amines is 1. The smallest absolute Gasteiger partial charge is 0.119 e. The number of H-pyrrole nitrogens is 1. The molecule has 0 saturated heterocycles. The second-order valence-corrected chi connectivity index (χ2v) is 4.49. The first-order valence-electron chi connectivity index (χ1n) is 6.23. The summed E-state index contributed by atoms with van der Waals surface area (Å²) in [6, 6.07) is 6.26. The zero-order chi connectivity index (χ0) is 13.0. The number of aromatic nitrogens is 3. The van der Waals surface area contributed by atoms with Crippen LogP contribution in [0.1, 0.15) is 36.1 Å². The van der Waals surface area contributed by atoms with Gasteiger partial charge < -0.3 is 4.74 Å². The third-order valence-corrected chi connectivity index (χ3v) is 3.33. The summed E-state index contributed by atoms with van der Waals surface area (Å²) >= 11 is 0. The number of hydrogen-bond acceptors (Lipinski definition) is 3. The summed E-state index contributed by atoms with van der Waals surface area (Å²) in [7, 11) is 1.70. The van der Waals surface area contributed by atoms with E-state index in [-0.39, 0.29) is 0 Å². The predicted molar refractivity (Wildman–Crippen MR) is 70.8 cm³/mol. The van der Waals surface area contributed by atoms with E-state index in [0.29, 0.717) is 5.92 Å². The van der Waals surface area contributed by atoms with Gasteiger partial charge in [0.25, 0.3) is 0 Å². The third-order valence-electron chi connectivity index (χ3n) is 3.33. The van der Waals surface area contributed by atoms with Crippen molar-refractivity contribution >= 4 is 0 Å². The molecule has 0 saturated carbocycles. The van der Waals surface area contributed by atoms with E-state index < -0.39 is 0 Å². The normalized spacial score (nSPS) is 12.4. The van der Waals surface area contributed by atoms with Crippen LogP contribution in [-0.4, -0.2) is 22.5 Å². The van der Waals surface area contributed by atoms with Crippen molar-refractivity contribution in [1.82, 2.24) is 15.4 Å². The molecule has 1 N–H and O–H groups in total. The summed E-state index contributed by atoms with van der Waals surface area (Å²) in [5, 5.41) is 10.7. The van der Waals surface area contributed by atoms with Crippen molar-refractivity contribution in [3.63, 3.8) is 0 Å². The van der Waals surface area contributed by atoms with Crippen molar-refractivity contribution in [3.8, 4) is 5.75 Å². The van der Waals surface area contributed by atoms with Crippen LogP contribution in [-0.2, 0) is 6.42 Å². The van der Waals surface area contributed by atoms with E-state index in [1.54, 1.807) is 13.3 Å².